The largest absolute Gasteiger partial charge is 0.483 e. The van der Waals surface area contributed by atoms with Gasteiger partial charge in [0.1, 0.15) is 5.75 Å². The molecule has 30 heavy (non-hydrogen) atoms. The van der Waals surface area contributed by atoms with E-state index in [1.807, 2.05) is 6.92 Å². The standard InChI is InChI=1S/C19H20ClN3O6S/c1-14-12-15(20)2-7-18(14)29-13-19(24)21-8-10-22(11-9-21)30(27,28)17-5-3-16(4-6-17)23(25)26/h2-7,12H,8-11,13H2,1H3. The first kappa shape index (κ1) is 22.0. The van der Waals surface area contributed by atoms with Crippen LogP contribution in [0.1, 0.15) is 5.56 Å². The maximum absolute atomic E-state index is 12.7. The highest BCUT2D eigenvalue weighted by atomic mass is 35.5. The maximum Gasteiger partial charge on any atom is 0.269 e. The summed E-state index contributed by atoms with van der Waals surface area (Å²) >= 11 is 5.90. The number of ether oxygens (including phenoxy) is 1. The predicted octanol–water partition coefficient (Wildman–Crippen LogP) is 2.47. The minimum absolute atomic E-state index is 0.0191. The number of nitro groups is 1. The maximum atomic E-state index is 12.7. The minimum atomic E-state index is -3.79. The lowest BCUT2D eigenvalue weighted by Gasteiger charge is -2.34. The molecule has 1 aliphatic rings. The average Bonchev–Trinajstić information content (AvgIpc) is 2.73. The van der Waals surface area contributed by atoms with Crippen molar-refractivity contribution in [2.45, 2.75) is 11.8 Å². The Bertz CT molecular complexity index is 1050. The summed E-state index contributed by atoms with van der Waals surface area (Å²) in [5, 5.41) is 11.3. The van der Waals surface area contributed by atoms with Crippen molar-refractivity contribution in [2.75, 3.05) is 32.8 Å². The fourth-order valence-electron chi connectivity index (χ4n) is 3.07. The second kappa shape index (κ2) is 8.99. The van der Waals surface area contributed by atoms with Crippen LogP contribution in [-0.4, -0.2) is 61.2 Å². The van der Waals surface area contributed by atoms with Crippen LogP contribution < -0.4 is 4.74 Å². The first-order valence-corrected chi connectivity index (χ1v) is 10.9. The van der Waals surface area contributed by atoms with E-state index in [2.05, 4.69) is 0 Å². The Labute approximate surface area is 179 Å². The van der Waals surface area contributed by atoms with E-state index < -0.39 is 14.9 Å². The molecule has 0 bridgehead atoms. The number of rotatable bonds is 6. The van der Waals surface area contributed by atoms with Crippen LogP contribution in [0.5, 0.6) is 5.75 Å². The van der Waals surface area contributed by atoms with Gasteiger partial charge in [0, 0.05) is 43.3 Å². The van der Waals surface area contributed by atoms with Crippen LogP contribution in [-0.2, 0) is 14.8 Å². The van der Waals surface area contributed by atoms with Crippen LogP contribution >= 0.6 is 11.6 Å². The molecule has 1 amide bonds. The molecule has 0 spiro atoms. The monoisotopic (exact) mass is 453 g/mol. The summed E-state index contributed by atoms with van der Waals surface area (Å²) in [5.74, 6) is 0.323. The Hall–Kier alpha value is -2.69. The Morgan fingerprint density at radius 2 is 1.77 bits per heavy atom. The van der Waals surface area contributed by atoms with Crippen molar-refractivity contribution in [1.29, 1.82) is 0 Å². The number of amides is 1. The number of carbonyl (C=O) groups excluding carboxylic acids is 1. The molecule has 1 heterocycles. The molecule has 1 aliphatic heterocycles. The van der Waals surface area contributed by atoms with E-state index in [1.54, 1.807) is 23.1 Å². The molecule has 1 saturated heterocycles. The molecule has 0 unspecified atom stereocenters. The zero-order valence-corrected chi connectivity index (χ0v) is 17.7. The van der Waals surface area contributed by atoms with Gasteiger partial charge in [0.05, 0.1) is 9.82 Å². The number of nitrogens with zero attached hydrogens (tertiary/aromatic N) is 3. The summed E-state index contributed by atoms with van der Waals surface area (Å²) in [4.78, 5) is 24.1. The lowest BCUT2D eigenvalue weighted by molar-refractivity contribution is -0.384. The highest BCUT2D eigenvalue weighted by molar-refractivity contribution is 7.89. The van der Waals surface area contributed by atoms with Gasteiger partial charge in [-0.15, -0.1) is 0 Å². The summed E-state index contributed by atoms with van der Waals surface area (Å²) in [6.45, 7) is 2.39. The second-order valence-corrected chi connectivity index (χ2v) is 9.11. The third kappa shape index (κ3) is 4.89. The summed E-state index contributed by atoms with van der Waals surface area (Å²) in [7, 11) is -3.79. The minimum Gasteiger partial charge on any atom is -0.483 e. The second-order valence-electron chi connectivity index (χ2n) is 6.73. The number of aryl methyl sites for hydroxylation is 1. The highest BCUT2D eigenvalue weighted by Gasteiger charge is 2.30. The van der Waals surface area contributed by atoms with Crippen molar-refractivity contribution in [3.05, 3.63) is 63.2 Å². The summed E-state index contributed by atoms with van der Waals surface area (Å²) in [5.41, 5.74) is 0.634. The number of hydrogen-bond donors (Lipinski definition) is 0. The number of sulfonamides is 1. The van der Waals surface area contributed by atoms with Gasteiger partial charge in [-0.05, 0) is 42.8 Å². The highest BCUT2D eigenvalue weighted by Crippen LogP contribution is 2.23. The fraction of sp³-hybridized carbons (Fsp3) is 0.316. The first-order valence-electron chi connectivity index (χ1n) is 9.10. The third-order valence-electron chi connectivity index (χ3n) is 4.76. The number of piperazine rings is 1. The molecular weight excluding hydrogens is 434 g/mol. The topological polar surface area (TPSA) is 110 Å². The van der Waals surface area contributed by atoms with Crippen molar-refractivity contribution in [3.8, 4) is 5.75 Å². The molecule has 0 atom stereocenters. The Morgan fingerprint density at radius 3 is 2.33 bits per heavy atom. The number of carbonyl (C=O) groups is 1. The lowest BCUT2D eigenvalue weighted by Crippen LogP contribution is -2.51. The van der Waals surface area contributed by atoms with Crippen LogP contribution in [0.2, 0.25) is 5.02 Å². The van der Waals surface area contributed by atoms with Gasteiger partial charge in [-0.2, -0.15) is 4.31 Å². The molecule has 9 nitrogen and oxygen atoms in total. The number of nitro benzene ring substituents is 1. The van der Waals surface area contributed by atoms with Gasteiger partial charge in [0.2, 0.25) is 10.0 Å². The van der Waals surface area contributed by atoms with Crippen molar-refractivity contribution < 1.29 is 22.9 Å². The smallest absolute Gasteiger partial charge is 0.269 e. The first-order chi connectivity index (χ1) is 14.2. The van der Waals surface area contributed by atoms with Gasteiger partial charge in [-0.1, -0.05) is 11.6 Å². The van der Waals surface area contributed by atoms with E-state index in [9.17, 15) is 23.3 Å². The molecule has 0 aliphatic carbocycles. The van der Waals surface area contributed by atoms with E-state index in [1.165, 1.54) is 16.4 Å². The molecule has 11 heteroatoms. The van der Waals surface area contributed by atoms with Gasteiger partial charge in [-0.25, -0.2) is 8.42 Å². The van der Waals surface area contributed by atoms with Crippen molar-refractivity contribution >= 4 is 33.2 Å². The van der Waals surface area contributed by atoms with Crippen molar-refractivity contribution in [2.24, 2.45) is 0 Å². The average molecular weight is 454 g/mol. The molecule has 0 aromatic heterocycles. The Morgan fingerprint density at radius 1 is 1.13 bits per heavy atom. The van der Waals surface area contributed by atoms with Gasteiger partial charge >= 0.3 is 0 Å². The van der Waals surface area contributed by atoms with Gasteiger partial charge in [-0.3, -0.25) is 14.9 Å². The number of halogens is 1. The summed E-state index contributed by atoms with van der Waals surface area (Å²) < 4.78 is 32.3. The van der Waals surface area contributed by atoms with E-state index in [-0.39, 0.29) is 49.3 Å². The number of benzene rings is 2. The van der Waals surface area contributed by atoms with Gasteiger partial charge in [0.15, 0.2) is 6.61 Å². The molecule has 0 N–H and O–H groups in total. The number of hydrogen-bond acceptors (Lipinski definition) is 6. The van der Waals surface area contributed by atoms with Crippen molar-refractivity contribution in [3.63, 3.8) is 0 Å². The van der Waals surface area contributed by atoms with Crippen LogP contribution in [0.25, 0.3) is 0 Å². The molecule has 2 aromatic rings. The van der Waals surface area contributed by atoms with E-state index >= 15 is 0 Å². The zero-order valence-electron chi connectivity index (χ0n) is 16.2. The summed E-state index contributed by atoms with van der Waals surface area (Å²) in [6.07, 6.45) is 0. The van der Waals surface area contributed by atoms with E-state index in [4.69, 9.17) is 16.3 Å². The Balaban J connectivity index is 1.56. The van der Waals surface area contributed by atoms with Gasteiger partial charge in [0.25, 0.3) is 11.6 Å². The quantitative estimate of drug-likeness (QED) is 0.490. The van der Waals surface area contributed by atoms with E-state index in [0.717, 1.165) is 17.7 Å². The van der Waals surface area contributed by atoms with Gasteiger partial charge < -0.3 is 9.64 Å². The van der Waals surface area contributed by atoms with Crippen LogP contribution in [0.4, 0.5) is 5.69 Å². The zero-order chi connectivity index (χ0) is 21.9. The van der Waals surface area contributed by atoms with Crippen LogP contribution in [0, 0.1) is 17.0 Å². The normalized spacial score (nSPS) is 15.1. The molecule has 2 aromatic carbocycles. The fourth-order valence-corrected chi connectivity index (χ4v) is 4.72. The third-order valence-corrected chi connectivity index (χ3v) is 6.91. The molecule has 160 valence electrons. The Kier molecular flexibility index (Phi) is 6.59. The number of non-ortho nitro benzene ring substituents is 1. The molecule has 3 rings (SSSR count). The van der Waals surface area contributed by atoms with Crippen LogP contribution in [0.3, 0.4) is 0 Å². The molecule has 1 fully saturated rings. The van der Waals surface area contributed by atoms with E-state index in [0.29, 0.717) is 10.8 Å². The summed E-state index contributed by atoms with van der Waals surface area (Å²) in [6, 6.07) is 9.85. The lowest BCUT2D eigenvalue weighted by atomic mass is 10.2. The van der Waals surface area contributed by atoms with Crippen LogP contribution in [0.15, 0.2) is 47.4 Å². The molecule has 0 radical (unpaired) electrons. The molecule has 0 saturated carbocycles. The predicted molar refractivity (Wildman–Crippen MR) is 110 cm³/mol. The van der Waals surface area contributed by atoms with Crippen molar-refractivity contribution in [1.82, 2.24) is 9.21 Å². The molecular formula is C19H20ClN3O6S. The SMILES string of the molecule is Cc1cc(Cl)ccc1OCC(=O)N1CCN(S(=O)(=O)c2ccc([N+](=O)[O-])cc2)CC1.